The van der Waals surface area contributed by atoms with Crippen LogP contribution in [-0.4, -0.2) is 29.1 Å². The van der Waals surface area contributed by atoms with E-state index in [1.54, 1.807) is 11.8 Å². The Kier molecular flexibility index (Phi) is 4.10. The molecule has 3 heteroatoms. The van der Waals surface area contributed by atoms with Gasteiger partial charge in [-0.25, -0.2) is 0 Å². The summed E-state index contributed by atoms with van der Waals surface area (Å²) in [5.74, 6) is 0.857. The molecule has 2 aromatic rings. The lowest BCUT2D eigenvalue weighted by atomic mass is 9.65. The van der Waals surface area contributed by atoms with Crippen molar-refractivity contribution >= 4 is 28.4 Å². The number of nitrogens with zero attached hydrogens (tertiary/aromatic N) is 1. The van der Waals surface area contributed by atoms with E-state index in [4.69, 9.17) is 0 Å². The molecule has 2 atom stereocenters. The van der Waals surface area contributed by atoms with Crippen molar-refractivity contribution in [1.82, 2.24) is 4.90 Å². The largest absolute Gasteiger partial charge is 0.338 e. The Balaban J connectivity index is 1.43. The molecule has 1 aliphatic heterocycles. The van der Waals surface area contributed by atoms with Gasteiger partial charge in [0.1, 0.15) is 0 Å². The maximum Gasteiger partial charge on any atom is 0.233 e. The van der Waals surface area contributed by atoms with Gasteiger partial charge in [0.25, 0.3) is 0 Å². The van der Waals surface area contributed by atoms with E-state index in [0.717, 1.165) is 13.0 Å². The van der Waals surface area contributed by atoms with Crippen LogP contribution >= 0.6 is 11.8 Å². The Morgan fingerprint density at radius 1 is 1.12 bits per heavy atom. The summed E-state index contributed by atoms with van der Waals surface area (Å²) in [4.78, 5) is 16.2. The topological polar surface area (TPSA) is 20.3 Å². The van der Waals surface area contributed by atoms with Gasteiger partial charge in [0.15, 0.2) is 0 Å². The van der Waals surface area contributed by atoms with E-state index in [1.165, 1.54) is 28.5 Å². The van der Waals surface area contributed by atoms with Crippen LogP contribution in [-0.2, 0) is 4.79 Å². The van der Waals surface area contributed by atoms with Crippen LogP contribution in [0.2, 0.25) is 0 Å². The van der Waals surface area contributed by atoms with Crippen molar-refractivity contribution in [3.8, 4) is 0 Å². The minimum absolute atomic E-state index is 0.310. The maximum atomic E-state index is 12.9. The number of hydrogen-bond acceptors (Lipinski definition) is 2. The number of benzene rings is 2. The molecule has 25 heavy (non-hydrogen) atoms. The zero-order valence-corrected chi connectivity index (χ0v) is 16.2. The first-order chi connectivity index (χ1) is 11.8. The van der Waals surface area contributed by atoms with Crippen LogP contribution in [0, 0.1) is 10.8 Å². The number of rotatable bonds is 3. The Hall–Kier alpha value is -1.48. The van der Waals surface area contributed by atoms with Crippen LogP contribution in [0.4, 0.5) is 0 Å². The molecule has 2 bridgehead atoms. The van der Waals surface area contributed by atoms with Crippen molar-refractivity contribution in [2.45, 2.75) is 51.0 Å². The molecular formula is C22H27NOS. The average molecular weight is 354 g/mol. The monoisotopic (exact) mass is 353 g/mol. The van der Waals surface area contributed by atoms with Crippen molar-refractivity contribution in [3.63, 3.8) is 0 Å². The summed E-state index contributed by atoms with van der Waals surface area (Å²) in [6, 6.07) is 15.3. The number of amides is 1. The van der Waals surface area contributed by atoms with Gasteiger partial charge in [0.05, 0.1) is 5.75 Å². The van der Waals surface area contributed by atoms with Crippen molar-refractivity contribution < 1.29 is 4.79 Å². The fourth-order valence-corrected chi connectivity index (χ4v) is 6.07. The molecule has 2 nitrogen and oxygen atoms in total. The molecule has 1 aliphatic carbocycles. The quantitative estimate of drug-likeness (QED) is 0.692. The summed E-state index contributed by atoms with van der Waals surface area (Å²) in [6.07, 6.45) is 3.57. The number of likely N-dealkylation sites (tertiary alicyclic amines) is 1. The molecule has 4 rings (SSSR count). The van der Waals surface area contributed by atoms with Crippen molar-refractivity contribution in [3.05, 3.63) is 42.5 Å². The number of carbonyl (C=O) groups is 1. The average Bonchev–Trinajstić information content (AvgIpc) is 2.81. The molecule has 1 amide bonds. The summed E-state index contributed by atoms with van der Waals surface area (Å²) in [5.41, 5.74) is 0.674. The summed E-state index contributed by atoms with van der Waals surface area (Å²) in [6.45, 7) is 8.02. The first kappa shape index (κ1) is 17.0. The molecule has 0 N–H and O–H groups in total. The molecule has 132 valence electrons. The van der Waals surface area contributed by atoms with Crippen LogP contribution in [0.5, 0.6) is 0 Å². The SMILES string of the molecule is CC1(C)C[C@@H]2C[C@@](C)(CN2C(=O)CSc2ccc3ccccc3c2)C1. The predicted molar refractivity (Wildman–Crippen MR) is 106 cm³/mol. The van der Waals surface area contributed by atoms with Crippen molar-refractivity contribution in [2.24, 2.45) is 10.8 Å². The fourth-order valence-electron chi connectivity index (χ4n) is 5.24. The first-order valence-corrected chi connectivity index (χ1v) is 10.2. The number of thioether (sulfide) groups is 1. The van der Waals surface area contributed by atoms with Crippen molar-refractivity contribution in [1.29, 1.82) is 0 Å². The van der Waals surface area contributed by atoms with Gasteiger partial charge < -0.3 is 4.90 Å². The molecule has 2 aromatic carbocycles. The predicted octanol–water partition coefficient (Wildman–Crippen LogP) is 5.36. The standard InChI is InChI=1S/C22H27NOS/c1-21(2)11-18-12-22(3,14-21)15-23(18)20(24)13-25-19-9-8-16-6-4-5-7-17(16)10-19/h4-10,18H,11-15H2,1-3H3/t18-,22-/m1/s1. The third-order valence-electron chi connectivity index (χ3n) is 5.82. The highest BCUT2D eigenvalue weighted by Gasteiger charge is 2.50. The highest BCUT2D eigenvalue weighted by Crippen LogP contribution is 2.52. The Bertz CT molecular complexity index is 815. The zero-order valence-electron chi connectivity index (χ0n) is 15.4. The van der Waals surface area contributed by atoms with E-state index in [9.17, 15) is 4.79 Å². The Morgan fingerprint density at radius 2 is 1.88 bits per heavy atom. The molecule has 1 saturated carbocycles. The van der Waals surface area contributed by atoms with Crippen LogP contribution in [0.15, 0.2) is 47.4 Å². The van der Waals surface area contributed by atoms with Gasteiger partial charge in [-0.15, -0.1) is 11.8 Å². The molecule has 2 fully saturated rings. The van der Waals surface area contributed by atoms with Crippen LogP contribution in [0.25, 0.3) is 10.8 Å². The van der Waals surface area contributed by atoms with E-state index in [1.807, 2.05) is 0 Å². The second-order valence-electron chi connectivity index (χ2n) is 9.03. The third kappa shape index (κ3) is 3.44. The highest BCUT2D eigenvalue weighted by atomic mass is 32.2. The molecule has 0 aromatic heterocycles. The molecule has 1 saturated heterocycles. The van der Waals surface area contributed by atoms with Crippen LogP contribution < -0.4 is 0 Å². The minimum Gasteiger partial charge on any atom is -0.338 e. The van der Waals surface area contributed by atoms with E-state index in [0.29, 0.717) is 28.5 Å². The second kappa shape index (κ2) is 6.05. The van der Waals surface area contributed by atoms with Gasteiger partial charge in [-0.1, -0.05) is 51.1 Å². The maximum absolute atomic E-state index is 12.9. The van der Waals surface area contributed by atoms with Gasteiger partial charge in [-0.3, -0.25) is 4.79 Å². The number of fused-ring (bicyclic) bond motifs is 3. The molecule has 2 aliphatic rings. The van der Waals surface area contributed by atoms with Gasteiger partial charge in [-0.05, 0) is 53.0 Å². The Morgan fingerprint density at radius 3 is 2.68 bits per heavy atom. The van der Waals surface area contributed by atoms with E-state index >= 15 is 0 Å². The summed E-state index contributed by atoms with van der Waals surface area (Å²) in [7, 11) is 0. The van der Waals surface area contributed by atoms with Crippen LogP contribution in [0.3, 0.4) is 0 Å². The smallest absolute Gasteiger partial charge is 0.233 e. The molecule has 0 radical (unpaired) electrons. The zero-order chi connectivity index (χ0) is 17.7. The number of carbonyl (C=O) groups excluding carboxylic acids is 1. The van der Waals surface area contributed by atoms with Crippen molar-refractivity contribution in [2.75, 3.05) is 12.3 Å². The van der Waals surface area contributed by atoms with E-state index in [2.05, 4.69) is 68.1 Å². The second-order valence-corrected chi connectivity index (χ2v) is 10.1. The summed E-state index contributed by atoms with van der Waals surface area (Å²) < 4.78 is 0. The van der Waals surface area contributed by atoms with Gasteiger partial charge in [0.2, 0.25) is 5.91 Å². The summed E-state index contributed by atoms with van der Waals surface area (Å²) in [5, 5.41) is 2.49. The third-order valence-corrected chi connectivity index (χ3v) is 6.80. The van der Waals surface area contributed by atoms with Gasteiger partial charge in [0, 0.05) is 17.5 Å². The van der Waals surface area contributed by atoms with Gasteiger partial charge >= 0.3 is 0 Å². The lowest BCUT2D eigenvalue weighted by Crippen LogP contribution is -2.38. The lowest BCUT2D eigenvalue weighted by Gasteiger charge is -2.39. The normalized spacial score (nSPS) is 27.6. The Labute approximate surface area is 155 Å². The fraction of sp³-hybridized carbons (Fsp3) is 0.500. The molecule has 0 unspecified atom stereocenters. The molecular weight excluding hydrogens is 326 g/mol. The van der Waals surface area contributed by atoms with Crippen LogP contribution in [0.1, 0.15) is 40.0 Å². The number of hydrogen-bond donors (Lipinski definition) is 0. The highest BCUT2D eigenvalue weighted by molar-refractivity contribution is 8.00. The molecule has 0 spiro atoms. The first-order valence-electron chi connectivity index (χ1n) is 9.25. The summed E-state index contributed by atoms with van der Waals surface area (Å²) >= 11 is 1.67. The minimum atomic E-state index is 0.310. The molecule has 1 heterocycles. The lowest BCUT2D eigenvalue weighted by molar-refractivity contribution is -0.129. The van der Waals surface area contributed by atoms with E-state index < -0.39 is 0 Å². The van der Waals surface area contributed by atoms with Gasteiger partial charge in [-0.2, -0.15) is 0 Å². The van der Waals surface area contributed by atoms with E-state index in [-0.39, 0.29) is 0 Å².